The molecule has 5 aromatic rings. The molecule has 0 atom stereocenters. The van der Waals surface area contributed by atoms with Crippen molar-refractivity contribution in [3.8, 4) is 22.4 Å². The fourth-order valence-electron chi connectivity index (χ4n) is 3.89. The van der Waals surface area contributed by atoms with Crippen molar-refractivity contribution in [1.29, 1.82) is 0 Å². The van der Waals surface area contributed by atoms with Crippen molar-refractivity contribution in [3.63, 3.8) is 0 Å². The Morgan fingerprint density at radius 2 is 1.69 bits per heavy atom. The van der Waals surface area contributed by atoms with Gasteiger partial charge in [0.25, 0.3) is 0 Å². The number of carbonyl (C=O) groups excluding carboxylic acids is 1. The maximum Gasteiger partial charge on any atom is 0.416 e. The predicted molar refractivity (Wildman–Crippen MR) is 131 cm³/mol. The number of fused-ring (bicyclic) bond motifs is 1. The zero-order chi connectivity index (χ0) is 25.1. The molecule has 2 aromatic carbocycles. The van der Waals surface area contributed by atoms with Crippen LogP contribution in [0.15, 0.2) is 97.6 Å². The third-order valence-electron chi connectivity index (χ3n) is 5.65. The monoisotopic (exact) mass is 487 g/mol. The quantitative estimate of drug-likeness (QED) is 0.301. The Balaban J connectivity index is 1.29. The average molecular weight is 487 g/mol. The number of halogens is 3. The fourth-order valence-corrected chi connectivity index (χ4v) is 3.89. The van der Waals surface area contributed by atoms with Crippen molar-refractivity contribution < 1.29 is 18.0 Å². The van der Waals surface area contributed by atoms with E-state index in [2.05, 4.69) is 20.6 Å². The Morgan fingerprint density at radius 3 is 2.50 bits per heavy atom. The van der Waals surface area contributed by atoms with E-state index in [0.29, 0.717) is 0 Å². The molecule has 3 heterocycles. The number of carbonyl (C=O) groups is 1. The minimum atomic E-state index is -4.48. The standard InChI is InChI=1S/C27H20F3N5O/c28-27(29,30)22-5-2-6-23(15-22)34-26(36)33-16-18-3-1-4-21(13-18)24-17-32-25-14-20(9-12-35(24)25)19-7-10-31-11-8-19/h1-15,17H,16H2,(H2,33,34,36). The van der Waals surface area contributed by atoms with Gasteiger partial charge in [0.2, 0.25) is 0 Å². The van der Waals surface area contributed by atoms with Gasteiger partial charge in [-0.1, -0.05) is 24.3 Å². The highest BCUT2D eigenvalue weighted by Crippen LogP contribution is 2.30. The molecule has 2 amide bonds. The molecule has 0 fully saturated rings. The maximum atomic E-state index is 12.9. The third-order valence-corrected chi connectivity index (χ3v) is 5.65. The Labute approximate surface area is 204 Å². The lowest BCUT2D eigenvalue weighted by Crippen LogP contribution is -2.28. The molecule has 2 N–H and O–H groups in total. The van der Waals surface area contributed by atoms with Gasteiger partial charge >= 0.3 is 12.2 Å². The highest BCUT2D eigenvalue weighted by Gasteiger charge is 2.30. The topological polar surface area (TPSA) is 71.3 Å². The lowest BCUT2D eigenvalue weighted by Gasteiger charge is -2.11. The van der Waals surface area contributed by atoms with E-state index >= 15 is 0 Å². The summed E-state index contributed by atoms with van der Waals surface area (Å²) in [6, 6.07) is 19.4. The van der Waals surface area contributed by atoms with Crippen LogP contribution in [0.25, 0.3) is 28.0 Å². The molecule has 0 radical (unpaired) electrons. The van der Waals surface area contributed by atoms with Crippen LogP contribution >= 0.6 is 0 Å². The summed E-state index contributed by atoms with van der Waals surface area (Å²) >= 11 is 0. The molecular weight excluding hydrogens is 467 g/mol. The van der Waals surface area contributed by atoms with Crippen LogP contribution in [0.2, 0.25) is 0 Å². The van der Waals surface area contributed by atoms with Crippen LogP contribution in [0.3, 0.4) is 0 Å². The van der Waals surface area contributed by atoms with Gasteiger partial charge in [0.1, 0.15) is 5.65 Å². The number of hydrogen-bond donors (Lipinski definition) is 2. The molecule has 0 aliphatic heterocycles. The number of aromatic nitrogens is 3. The van der Waals surface area contributed by atoms with E-state index in [1.807, 2.05) is 59.1 Å². The average Bonchev–Trinajstić information content (AvgIpc) is 3.31. The number of amides is 2. The molecule has 36 heavy (non-hydrogen) atoms. The van der Waals surface area contributed by atoms with Crippen LogP contribution in [-0.4, -0.2) is 20.4 Å². The summed E-state index contributed by atoms with van der Waals surface area (Å²) in [5.74, 6) is 0. The number of anilines is 1. The lowest BCUT2D eigenvalue weighted by atomic mass is 10.1. The number of imidazole rings is 1. The number of hydrogen-bond acceptors (Lipinski definition) is 3. The number of benzene rings is 2. The highest BCUT2D eigenvalue weighted by molar-refractivity contribution is 5.89. The molecule has 5 rings (SSSR count). The summed E-state index contributed by atoms with van der Waals surface area (Å²) in [7, 11) is 0. The molecule has 0 aliphatic carbocycles. The smallest absolute Gasteiger partial charge is 0.334 e. The van der Waals surface area contributed by atoms with Gasteiger partial charge in [-0.2, -0.15) is 13.2 Å². The molecule has 9 heteroatoms. The van der Waals surface area contributed by atoms with Crippen LogP contribution in [0.4, 0.5) is 23.7 Å². The summed E-state index contributed by atoms with van der Waals surface area (Å²) in [6.45, 7) is 0.196. The molecule has 0 bridgehead atoms. The zero-order valence-electron chi connectivity index (χ0n) is 18.8. The predicted octanol–water partition coefficient (Wildman–Crippen LogP) is 6.40. The first-order chi connectivity index (χ1) is 17.4. The Morgan fingerprint density at radius 1 is 0.889 bits per heavy atom. The van der Waals surface area contributed by atoms with E-state index in [4.69, 9.17) is 0 Å². The molecule has 0 saturated carbocycles. The van der Waals surface area contributed by atoms with E-state index < -0.39 is 17.8 Å². The van der Waals surface area contributed by atoms with Crippen LogP contribution < -0.4 is 10.6 Å². The maximum absolute atomic E-state index is 12.9. The molecule has 3 aromatic heterocycles. The van der Waals surface area contributed by atoms with Gasteiger partial charge < -0.3 is 10.6 Å². The van der Waals surface area contributed by atoms with E-state index in [-0.39, 0.29) is 12.2 Å². The van der Waals surface area contributed by atoms with Gasteiger partial charge in [0, 0.05) is 36.4 Å². The molecular formula is C27H20F3N5O. The second-order valence-corrected chi connectivity index (χ2v) is 8.11. The number of nitrogens with one attached hydrogen (secondary N) is 2. The Bertz CT molecular complexity index is 1530. The van der Waals surface area contributed by atoms with Crippen LogP contribution in [0.1, 0.15) is 11.1 Å². The minimum absolute atomic E-state index is 0.0629. The van der Waals surface area contributed by atoms with Gasteiger partial charge in [-0.15, -0.1) is 0 Å². The largest absolute Gasteiger partial charge is 0.416 e. The summed E-state index contributed by atoms with van der Waals surface area (Å²) in [6.07, 6.45) is 2.76. The van der Waals surface area contributed by atoms with Crippen LogP contribution in [0, 0.1) is 0 Å². The first-order valence-electron chi connectivity index (χ1n) is 11.1. The van der Waals surface area contributed by atoms with Gasteiger partial charge in [-0.25, -0.2) is 9.78 Å². The number of nitrogens with zero attached hydrogens (tertiary/aromatic N) is 3. The van der Waals surface area contributed by atoms with Crippen molar-refractivity contribution in [2.24, 2.45) is 0 Å². The van der Waals surface area contributed by atoms with Crippen molar-refractivity contribution in [2.45, 2.75) is 12.7 Å². The molecule has 0 aliphatic rings. The molecule has 0 saturated heterocycles. The van der Waals surface area contributed by atoms with E-state index in [0.717, 1.165) is 45.7 Å². The summed E-state index contributed by atoms with van der Waals surface area (Å²) in [5.41, 5.74) is 4.75. The van der Waals surface area contributed by atoms with Crippen molar-refractivity contribution in [2.75, 3.05) is 5.32 Å². The van der Waals surface area contributed by atoms with E-state index in [1.165, 1.54) is 12.1 Å². The van der Waals surface area contributed by atoms with Gasteiger partial charge in [-0.3, -0.25) is 9.38 Å². The number of rotatable bonds is 5. The molecule has 180 valence electrons. The summed E-state index contributed by atoms with van der Waals surface area (Å²) in [4.78, 5) is 20.9. The van der Waals surface area contributed by atoms with Gasteiger partial charge in [0.05, 0.1) is 17.5 Å². The first-order valence-corrected chi connectivity index (χ1v) is 11.1. The van der Waals surface area contributed by atoms with Crippen molar-refractivity contribution in [1.82, 2.24) is 19.7 Å². The van der Waals surface area contributed by atoms with Crippen LogP contribution in [0.5, 0.6) is 0 Å². The minimum Gasteiger partial charge on any atom is -0.334 e. The summed E-state index contributed by atoms with van der Waals surface area (Å²) < 4.78 is 40.6. The normalized spacial score (nSPS) is 11.4. The number of urea groups is 1. The number of pyridine rings is 2. The second kappa shape index (κ2) is 9.53. The first kappa shape index (κ1) is 23.1. The zero-order valence-corrected chi connectivity index (χ0v) is 18.8. The third kappa shape index (κ3) is 5.05. The highest BCUT2D eigenvalue weighted by atomic mass is 19.4. The molecule has 0 unspecified atom stereocenters. The molecule has 6 nitrogen and oxygen atoms in total. The van der Waals surface area contributed by atoms with Crippen LogP contribution in [-0.2, 0) is 12.7 Å². The summed E-state index contributed by atoms with van der Waals surface area (Å²) in [5, 5.41) is 5.12. The van der Waals surface area contributed by atoms with Gasteiger partial charge in [0.15, 0.2) is 0 Å². The van der Waals surface area contributed by atoms with Crippen molar-refractivity contribution >= 4 is 17.4 Å². The molecule has 0 spiro atoms. The van der Waals surface area contributed by atoms with Crippen molar-refractivity contribution in [3.05, 3.63) is 109 Å². The fraction of sp³-hybridized carbons (Fsp3) is 0.0741. The van der Waals surface area contributed by atoms with Gasteiger partial charge in [-0.05, 0) is 65.2 Å². The number of alkyl halides is 3. The second-order valence-electron chi connectivity index (χ2n) is 8.11. The van der Waals surface area contributed by atoms with E-state index in [9.17, 15) is 18.0 Å². The van der Waals surface area contributed by atoms with E-state index in [1.54, 1.807) is 18.6 Å². The lowest BCUT2D eigenvalue weighted by molar-refractivity contribution is -0.137. The SMILES string of the molecule is O=C(NCc1cccc(-c2cnc3cc(-c4ccncc4)ccn23)c1)Nc1cccc(C(F)(F)F)c1. The Hall–Kier alpha value is -4.66. The Kier molecular flexibility index (Phi) is 6.12.